The molecule has 0 atom stereocenters. The van der Waals surface area contributed by atoms with E-state index in [1.807, 2.05) is 38.1 Å². The van der Waals surface area contributed by atoms with Gasteiger partial charge in [0.05, 0.1) is 7.11 Å². The van der Waals surface area contributed by atoms with Crippen molar-refractivity contribution in [1.29, 1.82) is 0 Å². The van der Waals surface area contributed by atoms with Gasteiger partial charge in [0.1, 0.15) is 5.75 Å². The van der Waals surface area contributed by atoms with Crippen molar-refractivity contribution in [3.63, 3.8) is 0 Å². The molecule has 0 radical (unpaired) electrons. The smallest absolute Gasteiger partial charge is 0.223 e. The van der Waals surface area contributed by atoms with E-state index in [0.29, 0.717) is 6.54 Å². The molecule has 24 heavy (non-hydrogen) atoms. The fourth-order valence-electron chi connectivity index (χ4n) is 3.01. The highest BCUT2D eigenvalue weighted by Gasteiger charge is 2.26. The quantitative estimate of drug-likeness (QED) is 0.820. The number of hydrogen-bond acceptors (Lipinski definition) is 4. The summed E-state index contributed by atoms with van der Waals surface area (Å²) in [5.74, 6) is 1.10. The second-order valence-corrected chi connectivity index (χ2v) is 7.10. The van der Waals surface area contributed by atoms with E-state index < -0.39 is 0 Å². The number of nitrogens with two attached hydrogens (primary N) is 1. The molecule has 1 amide bonds. The predicted octanol–water partition coefficient (Wildman–Crippen LogP) is 2.18. The van der Waals surface area contributed by atoms with Crippen LogP contribution in [0.25, 0.3) is 0 Å². The molecular formula is C18H30ClN3O2. The van der Waals surface area contributed by atoms with E-state index in [1.165, 1.54) is 0 Å². The minimum atomic E-state index is -0.177. The number of methoxy groups -OCH3 is 1. The maximum absolute atomic E-state index is 12.3. The lowest BCUT2D eigenvalue weighted by atomic mass is 9.94. The van der Waals surface area contributed by atoms with Crippen LogP contribution in [0.15, 0.2) is 24.3 Å². The molecule has 1 saturated heterocycles. The normalized spacial score (nSPS) is 16.3. The molecule has 1 aromatic carbocycles. The van der Waals surface area contributed by atoms with Crippen LogP contribution in [0.1, 0.15) is 32.3 Å². The van der Waals surface area contributed by atoms with Crippen molar-refractivity contribution in [2.45, 2.75) is 38.8 Å². The average Bonchev–Trinajstić information content (AvgIpc) is 2.52. The van der Waals surface area contributed by atoms with Crippen molar-refractivity contribution >= 4 is 18.3 Å². The maximum atomic E-state index is 12.3. The standard InChI is InChI=1S/C18H29N3O2.ClH/c1-18(2,19)13-21-10-8-15(9-11-21)17(22)20-12-14-4-6-16(23-3)7-5-14;/h4-7,15H,8-13,19H2,1-3H3,(H,20,22);1H. The van der Waals surface area contributed by atoms with Gasteiger partial charge in [-0.2, -0.15) is 0 Å². The highest BCUT2D eigenvalue weighted by atomic mass is 35.5. The first-order valence-electron chi connectivity index (χ1n) is 8.29. The molecule has 5 nitrogen and oxygen atoms in total. The molecule has 1 heterocycles. The van der Waals surface area contributed by atoms with E-state index in [1.54, 1.807) is 7.11 Å². The number of ether oxygens (including phenoxy) is 1. The molecule has 0 spiro atoms. The lowest BCUT2D eigenvalue weighted by Crippen LogP contribution is -2.49. The minimum absolute atomic E-state index is 0. The molecular weight excluding hydrogens is 326 g/mol. The highest BCUT2D eigenvalue weighted by Crippen LogP contribution is 2.19. The zero-order valence-corrected chi connectivity index (χ0v) is 15.7. The molecule has 1 aromatic rings. The molecule has 136 valence electrons. The molecule has 0 aliphatic carbocycles. The summed E-state index contributed by atoms with van der Waals surface area (Å²) >= 11 is 0. The van der Waals surface area contributed by atoms with Crippen LogP contribution >= 0.6 is 12.4 Å². The van der Waals surface area contributed by atoms with Gasteiger partial charge in [0.15, 0.2) is 0 Å². The Bertz CT molecular complexity index is 506. The summed E-state index contributed by atoms with van der Waals surface area (Å²) in [6, 6.07) is 7.78. The first-order chi connectivity index (χ1) is 10.9. The Morgan fingerprint density at radius 2 is 1.88 bits per heavy atom. The number of nitrogens with zero attached hydrogens (tertiary/aromatic N) is 1. The summed E-state index contributed by atoms with van der Waals surface area (Å²) in [6.45, 7) is 7.43. The zero-order chi connectivity index (χ0) is 16.9. The molecule has 1 aliphatic rings. The Morgan fingerprint density at radius 1 is 1.29 bits per heavy atom. The number of halogens is 1. The molecule has 0 saturated carbocycles. The van der Waals surface area contributed by atoms with Crippen LogP contribution in [0.3, 0.4) is 0 Å². The van der Waals surface area contributed by atoms with Crippen molar-refractivity contribution < 1.29 is 9.53 Å². The lowest BCUT2D eigenvalue weighted by molar-refractivity contribution is -0.126. The van der Waals surface area contributed by atoms with E-state index in [9.17, 15) is 4.79 Å². The molecule has 2 rings (SSSR count). The van der Waals surface area contributed by atoms with Gasteiger partial charge >= 0.3 is 0 Å². The second-order valence-electron chi connectivity index (χ2n) is 7.10. The fourth-order valence-corrected chi connectivity index (χ4v) is 3.01. The van der Waals surface area contributed by atoms with Gasteiger partial charge in [-0.1, -0.05) is 12.1 Å². The van der Waals surface area contributed by atoms with Gasteiger partial charge in [-0.25, -0.2) is 0 Å². The minimum Gasteiger partial charge on any atom is -0.497 e. The Kier molecular flexibility index (Phi) is 8.00. The van der Waals surface area contributed by atoms with Gasteiger partial charge in [-0.05, 0) is 57.5 Å². The predicted molar refractivity (Wildman–Crippen MR) is 99.5 cm³/mol. The van der Waals surface area contributed by atoms with Gasteiger partial charge < -0.3 is 20.7 Å². The number of nitrogens with one attached hydrogen (secondary N) is 1. The van der Waals surface area contributed by atoms with Crippen LogP contribution in [0.2, 0.25) is 0 Å². The average molecular weight is 356 g/mol. The highest BCUT2D eigenvalue weighted by molar-refractivity contribution is 5.85. The number of likely N-dealkylation sites (tertiary alicyclic amines) is 1. The summed E-state index contributed by atoms with van der Waals surface area (Å²) < 4.78 is 5.13. The number of carbonyl (C=O) groups is 1. The largest absolute Gasteiger partial charge is 0.497 e. The molecule has 1 fully saturated rings. The van der Waals surface area contributed by atoms with Gasteiger partial charge in [0, 0.05) is 24.5 Å². The van der Waals surface area contributed by atoms with Crippen LogP contribution in [0.5, 0.6) is 5.75 Å². The third kappa shape index (κ3) is 6.67. The number of benzene rings is 1. The summed E-state index contributed by atoms with van der Waals surface area (Å²) in [4.78, 5) is 14.7. The Morgan fingerprint density at radius 3 is 2.38 bits per heavy atom. The van der Waals surface area contributed by atoms with Crippen LogP contribution in [-0.4, -0.2) is 43.1 Å². The summed E-state index contributed by atoms with van der Waals surface area (Å²) in [6.07, 6.45) is 1.81. The van der Waals surface area contributed by atoms with Crippen molar-refractivity contribution in [2.24, 2.45) is 11.7 Å². The molecule has 0 unspecified atom stereocenters. The molecule has 0 aromatic heterocycles. The fraction of sp³-hybridized carbons (Fsp3) is 0.611. The number of hydrogen-bond donors (Lipinski definition) is 2. The Labute approximate surface area is 151 Å². The zero-order valence-electron chi connectivity index (χ0n) is 14.9. The van der Waals surface area contributed by atoms with E-state index in [-0.39, 0.29) is 29.8 Å². The van der Waals surface area contributed by atoms with Gasteiger partial charge in [-0.15, -0.1) is 12.4 Å². The Hall–Kier alpha value is -1.30. The third-order valence-electron chi connectivity index (χ3n) is 4.22. The first-order valence-corrected chi connectivity index (χ1v) is 8.29. The van der Waals surface area contributed by atoms with Crippen molar-refractivity contribution in [3.8, 4) is 5.75 Å². The van der Waals surface area contributed by atoms with Gasteiger partial charge in [0.2, 0.25) is 5.91 Å². The summed E-state index contributed by atoms with van der Waals surface area (Å²) in [5.41, 5.74) is 6.97. The van der Waals surface area contributed by atoms with Gasteiger partial charge in [-0.3, -0.25) is 4.79 Å². The van der Waals surface area contributed by atoms with Crippen LogP contribution in [-0.2, 0) is 11.3 Å². The van der Waals surface area contributed by atoms with Crippen molar-refractivity contribution in [3.05, 3.63) is 29.8 Å². The lowest BCUT2D eigenvalue weighted by Gasteiger charge is -2.35. The van der Waals surface area contributed by atoms with Crippen LogP contribution in [0, 0.1) is 5.92 Å². The maximum Gasteiger partial charge on any atom is 0.223 e. The third-order valence-corrected chi connectivity index (χ3v) is 4.22. The SMILES string of the molecule is COc1ccc(CNC(=O)C2CCN(CC(C)(C)N)CC2)cc1.Cl. The number of amides is 1. The number of rotatable bonds is 6. The first kappa shape index (κ1) is 20.7. The van der Waals surface area contributed by atoms with Crippen LogP contribution < -0.4 is 15.8 Å². The van der Waals surface area contributed by atoms with Crippen molar-refractivity contribution in [2.75, 3.05) is 26.7 Å². The van der Waals surface area contributed by atoms with Gasteiger partial charge in [0.25, 0.3) is 0 Å². The van der Waals surface area contributed by atoms with E-state index in [4.69, 9.17) is 10.5 Å². The monoisotopic (exact) mass is 355 g/mol. The van der Waals surface area contributed by atoms with E-state index >= 15 is 0 Å². The summed E-state index contributed by atoms with van der Waals surface area (Å²) in [5, 5.41) is 3.05. The van der Waals surface area contributed by atoms with E-state index in [2.05, 4.69) is 10.2 Å². The molecule has 0 bridgehead atoms. The van der Waals surface area contributed by atoms with E-state index in [0.717, 1.165) is 43.8 Å². The number of piperidine rings is 1. The molecule has 6 heteroatoms. The second kappa shape index (κ2) is 9.25. The molecule has 1 aliphatic heterocycles. The Balaban J connectivity index is 0.00000288. The number of carbonyl (C=O) groups excluding carboxylic acids is 1. The summed E-state index contributed by atoms with van der Waals surface area (Å²) in [7, 11) is 1.65. The topological polar surface area (TPSA) is 67.6 Å². The van der Waals surface area contributed by atoms with Crippen molar-refractivity contribution in [1.82, 2.24) is 10.2 Å². The molecule has 3 N–H and O–H groups in total. The van der Waals surface area contributed by atoms with Crippen LogP contribution in [0.4, 0.5) is 0 Å².